The average molecular weight is 485 g/mol. The maximum absolute atomic E-state index is 14.8. The molecule has 0 saturated heterocycles. The Labute approximate surface area is 197 Å². The van der Waals surface area contributed by atoms with Crippen molar-refractivity contribution in [3.63, 3.8) is 0 Å². The Hall–Kier alpha value is -3.51. The van der Waals surface area contributed by atoms with E-state index in [1.54, 1.807) is 13.0 Å². The van der Waals surface area contributed by atoms with Gasteiger partial charge in [-0.15, -0.1) is 0 Å². The largest absolute Gasteiger partial charge is 0.384 e. The Morgan fingerprint density at radius 1 is 1.09 bits per heavy atom. The smallest absolute Gasteiger partial charge is 0.281 e. The fraction of sp³-hybridized carbons (Fsp3) is 0.308. The van der Waals surface area contributed by atoms with E-state index in [0.717, 1.165) is 12.1 Å². The highest BCUT2D eigenvalue weighted by atomic mass is 19.3. The highest BCUT2D eigenvalue weighted by Gasteiger charge is 2.50. The maximum atomic E-state index is 14.8. The molecular weight excluding hydrogens is 465 g/mol. The van der Waals surface area contributed by atoms with Gasteiger partial charge < -0.3 is 10.8 Å². The third kappa shape index (κ3) is 3.55. The van der Waals surface area contributed by atoms with Gasteiger partial charge in [-0.1, -0.05) is 12.1 Å². The van der Waals surface area contributed by atoms with E-state index in [9.17, 15) is 32.3 Å². The van der Waals surface area contributed by atoms with Gasteiger partial charge in [-0.2, -0.15) is 5.26 Å². The monoisotopic (exact) mass is 485 g/mol. The van der Waals surface area contributed by atoms with Gasteiger partial charge in [0.15, 0.2) is 6.17 Å². The molecule has 180 valence electrons. The lowest BCUT2D eigenvalue weighted by atomic mass is 9.73. The van der Waals surface area contributed by atoms with Gasteiger partial charge >= 0.3 is 0 Å². The van der Waals surface area contributed by atoms with Crippen LogP contribution in [0.15, 0.2) is 36.4 Å². The summed E-state index contributed by atoms with van der Waals surface area (Å²) in [7, 11) is 0. The number of alkyl halides is 4. The van der Waals surface area contributed by atoms with Gasteiger partial charge in [0.05, 0.1) is 11.6 Å². The summed E-state index contributed by atoms with van der Waals surface area (Å²) in [5, 5.41) is 20.2. The molecule has 35 heavy (non-hydrogen) atoms. The van der Waals surface area contributed by atoms with Crippen LogP contribution in [0.3, 0.4) is 0 Å². The molecular formula is C26H20F5N3O. The predicted octanol–water partition coefficient (Wildman–Crippen LogP) is 5.76. The fourth-order valence-corrected chi connectivity index (χ4v) is 5.45. The predicted molar refractivity (Wildman–Crippen MR) is 119 cm³/mol. The van der Waals surface area contributed by atoms with E-state index in [-0.39, 0.29) is 39.2 Å². The first-order valence-corrected chi connectivity index (χ1v) is 11.0. The number of aromatic nitrogens is 1. The number of halogens is 5. The summed E-state index contributed by atoms with van der Waals surface area (Å²) in [6.07, 6.45) is -7.53. The summed E-state index contributed by atoms with van der Waals surface area (Å²) < 4.78 is 73.3. The number of nitrogen functional groups attached to an aromatic ring is 1. The van der Waals surface area contributed by atoms with Crippen molar-refractivity contribution < 1.29 is 27.1 Å². The molecule has 4 nitrogen and oxygen atoms in total. The van der Waals surface area contributed by atoms with E-state index >= 15 is 0 Å². The molecule has 1 heterocycles. The van der Waals surface area contributed by atoms with Gasteiger partial charge in [-0.3, -0.25) is 0 Å². The van der Waals surface area contributed by atoms with Gasteiger partial charge in [0.2, 0.25) is 0 Å². The zero-order valence-corrected chi connectivity index (χ0v) is 18.5. The number of nitrogens with zero attached hydrogens (tertiary/aromatic N) is 2. The number of nitriles is 1. The van der Waals surface area contributed by atoms with Crippen LogP contribution in [0.2, 0.25) is 0 Å². The number of pyridine rings is 1. The SMILES string of the molecule is Cc1nc(N)ccc1-c1ccc([C@H]2C[C@H](F)[C@H](F)c3cc(F)cc(C#N)c32)c2c1[C@H](O)C(F)(F)C2. The Morgan fingerprint density at radius 3 is 2.49 bits per heavy atom. The summed E-state index contributed by atoms with van der Waals surface area (Å²) in [4.78, 5) is 4.17. The van der Waals surface area contributed by atoms with Gasteiger partial charge in [-0.25, -0.2) is 26.9 Å². The van der Waals surface area contributed by atoms with Crippen LogP contribution in [0.5, 0.6) is 0 Å². The van der Waals surface area contributed by atoms with Crippen molar-refractivity contribution in [1.29, 1.82) is 5.26 Å². The third-order valence-electron chi connectivity index (χ3n) is 6.97. The van der Waals surface area contributed by atoms with Crippen molar-refractivity contribution in [2.75, 3.05) is 5.73 Å². The molecule has 9 heteroatoms. The standard InChI is InChI=1S/C26H20F5N3O/c1-11-14(4-5-21(33)34-11)16-3-2-15(19-9-26(30,31)25(35)23(16)19)17-8-20(28)24(29)18-7-13(27)6-12(10-32)22(17)18/h2-7,17,20,24-25,35H,8-9H2,1H3,(H2,33,34)/t17-,20+,24-,25+/m1/s1. The second kappa shape index (κ2) is 8.02. The van der Waals surface area contributed by atoms with Crippen LogP contribution in [-0.4, -0.2) is 22.2 Å². The van der Waals surface area contributed by atoms with Crippen LogP contribution >= 0.6 is 0 Å². The molecule has 2 aromatic carbocycles. The third-order valence-corrected chi connectivity index (χ3v) is 6.97. The molecule has 0 radical (unpaired) electrons. The van der Waals surface area contributed by atoms with E-state index < -0.39 is 48.9 Å². The second-order valence-electron chi connectivity index (χ2n) is 9.08. The number of fused-ring (bicyclic) bond motifs is 2. The molecule has 2 aliphatic carbocycles. The van der Waals surface area contributed by atoms with E-state index in [4.69, 9.17) is 5.73 Å². The minimum absolute atomic E-state index is 0.0258. The number of rotatable bonds is 2. The molecule has 4 atom stereocenters. The minimum Gasteiger partial charge on any atom is -0.384 e. The summed E-state index contributed by atoms with van der Waals surface area (Å²) >= 11 is 0. The van der Waals surface area contributed by atoms with Crippen LogP contribution in [0.1, 0.15) is 63.7 Å². The maximum Gasteiger partial charge on any atom is 0.281 e. The van der Waals surface area contributed by atoms with Crippen LogP contribution in [-0.2, 0) is 6.42 Å². The van der Waals surface area contributed by atoms with Gasteiger partial charge in [0, 0.05) is 23.6 Å². The summed E-state index contributed by atoms with van der Waals surface area (Å²) in [6, 6.07) is 9.80. The highest BCUT2D eigenvalue weighted by molar-refractivity contribution is 5.75. The second-order valence-corrected chi connectivity index (χ2v) is 9.08. The van der Waals surface area contributed by atoms with Crippen molar-refractivity contribution in [3.05, 3.63) is 81.3 Å². The summed E-state index contributed by atoms with van der Waals surface area (Å²) in [5.74, 6) is -5.12. The number of aliphatic hydroxyl groups excluding tert-OH is 1. The Bertz CT molecular complexity index is 1400. The Balaban J connectivity index is 1.77. The van der Waals surface area contributed by atoms with E-state index in [2.05, 4.69) is 4.98 Å². The Morgan fingerprint density at radius 2 is 1.80 bits per heavy atom. The van der Waals surface area contributed by atoms with Crippen LogP contribution < -0.4 is 5.73 Å². The number of aryl methyl sites for hydroxylation is 1. The van der Waals surface area contributed by atoms with E-state index in [0.29, 0.717) is 16.8 Å². The Kier molecular flexibility index (Phi) is 5.33. The van der Waals surface area contributed by atoms with Gasteiger partial charge in [0.25, 0.3) is 5.92 Å². The number of hydrogen-bond donors (Lipinski definition) is 2. The quantitative estimate of drug-likeness (QED) is 0.452. The number of nitrogens with two attached hydrogens (primary N) is 1. The zero-order valence-electron chi connectivity index (χ0n) is 18.5. The fourth-order valence-electron chi connectivity index (χ4n) is 5.45. The first-order chi connectivity index (χ1) is 16.5. The molecule has 0 fully saturated rings. The molecule has 3 N–H and O–H groups in total. The van der Waals surface area contributed by atoms with Crippen molar-refractivity contribution in [1.82, 2.24) is 4.98 Å². The van der Waals surface area contributed by atoms with Crippen LogP contribution in [0.25, 0.3) is 11.1 Å². The van der Waals surface area contributed by atoms with Gasteiger partial charge in [-0.05, 0) is 71.0 Å². The molecule has 0 saturated carbocycles. The first kappa shape index (κ1) is 23.2. The molecule has 0 amide bonds. The molecule has 0 unspecified atom stereocenters. The normalized spacial score (nSPS) is 24.5. The summed E-state index contributed by atoms with van der Waals surface area (Å²) in [5.41, 5.74) is 6.94. The molecule has 2 aliphatic rings. The van der Waals surface area contributed by atoms with Crippen LogP contribution in [0.4, 0.5) is 27.8 Å². The lowest BCUT2D eigenvalue weighted by Gasteiger charge is -2.33. The van der Waals surface area contributed by atoms with Gasteiger partial charge in [0.1, 0.15) is 23.9 Å². The van der Waals surface area contributed by atoms with E-state index in [1.165, 1.54) is 18.2 Å². The molecule has 0 spiro atoms. The molecule has 0 bridgehead atoms. The molecule has 5 rings (SSSR count). The molecule has 1 aromatic heterocycles. The van der Waals surface area contributed by atoms with Crippen molar-refractivity contribution >= 4 is 5.82 Å². The van der Waals surface area contributed by atoms with Crippen molar-refractivity contribution in [3.8, 4) is 17.2 Å². The number of hydrogen-bond acceptors (Lipinski definition) is 4. The molecule has 3 aromatic rings. The summed E-state index contributed by atoms with van der Waals surface area (Å²) in [6.45, 7) is 1.66. The first-order valence-electron chi connectivity index (χ1n) is 11.0. The molecule has 0 aliphatic heterocycles. The zero-order chi connectivity index (χ0) is 25.2. The van der Waals surface area contributed by atoms with Crippen molar-refractivity contribution in [2.45, 2.75) is 50.1 Å². The number of aliphatic hydroxyl groups is 1. The lowest BCUT2D eigenvalue weighted by molar-refractivity contribution is -0.0966. The van der Waals surface area contributed by atoms with Crippen LogP contribution in [0, 0.1) is 24.1 Å². The topological polar surface area (TPSA) is 82.9 Å². The lowest BCUT2D eigenvalue weighted by Crippen LogP contribution is -2.25. The minimum atomic E-state index is -3.50. The highest BCUT2D eigenvalue weighted by Crippen LogP contribution is 2.53. The number of anilines is 1. The van der Waals surface area contributed by atoms with E-state index in [1.807, 2.05) is 6.07 Å². The van der Waals surface area contributed by atoms with Crippen molar-refractivity contribution in [2.24, 2.45) is 0 Å². The average Bonchev–Trinajstić information content (AvgIpc) is 3.04. The number of benzene rings is 2.